The zero-order valence-corrected chi connectivity index (χ0v) is 15.9. The summed E-state index contributed by atoms with van der Waals surface area (Å²) in [5.74, 6) is 0.718. The normalized spacial score (nSPS) is 10.8. The largest absolute Gasteiger partial charge is 0.457 e. The Bertz CT molecular complexity index is 834. The number of ether oxygens (including phenoxy) is 1. The summed E-state index contributed by atoms with van der Waals surface area (Å²) in [6.07, 6.45) is 0. The fraction of sp³-hybridized carbons (Fsp3) is 0.188. The van der Waals surface area contributed by atoms with Gasteiger partial charge in [-0.2, -0.15) is 4.98 Å². The van der Waals surface area contributed by atoms with Gasteiger partial charge in [0, 0.05) is 9.37 Å². The molecular formula is C16H13BrN2O3S2. The van der Waals surface area contributed by atoms with E-state index in [9.17, 15) is 4.79 Å². The van der Waals surface area contributed by atoms with Crippen molar-refractivity contribution in [2.75, 3.05) is 5.75 Å². The summed E-state index contributed by atoms with van der Waals surface area (Å²) in [7, 11) is 0. The Morgan fingerprint density at radius 3 is 3.04 bits per heavy atom. The number of thiophene rings is 1. The van der Waals surface area contributed by atoms with E-state index >= 15 is 0 Å². The number of benzene rings is 1. The topological polar surface area (TPSA) is 65.2 Å². The van der Waals surface area contributed by atoms with Crippen molar-refractivity contribution in [3.05, 3.63) is 51.6 Å². The van der Waals surface area contributed by atoms with Crippen molar-refractivity contribution in [3.63, 3.8) is 0 Å². The van der Waals surface area contributed by atoms with Crippen LogP contribution < -0.4 is 0 Å². The van der Waals surface area contributed by atoms with Crippen LogP contribution in [0.1, 0.15) is 11.4 Å². The van der Waals surface area contributed by atoms with Crippen molar-refractivity contribution < 1.29 is 14.1 Å². The number of rotatable bonds is 6. The van der Waals surface area contributed by atoms with E-state index in [4.69, 9.17) is 9.26 Å². The lowest BCUT2D eigenvalue weighted by atomic mass is 10.2. The van der Waals surface area contributed by atoms with Crippen molar-refractivity contribution in [1.82, 2.24) is 10.1 Å². The number of esters is 1. The van der Waals surface area contributed by atoms with Crippen LogP contribution in [0.2, 0.25) is 0 Å². The highest BCUT2D eigenvalue weighted by atomic mass is 79.9. The molecule has 0 atom stereocenters. The zero-order chi connectivity index (χ0) is 16.9. The Morgan fingerprint density at radius 1 is 1.42 bits per heavy atom. The van der Waals surface area contributed by atoms with Crippen molar-refractivity contribution in [3.8, 4) is 10.8 Å². The quantitative estimate of drug-likeness (QED) is 0.421. The average Bonchev–Trinajstić information content (AvgIpc) is 3.23. The van der Waals surface area contributed by atoms with E-state index in [0.717, 1.165) is 19.8 Å². The zero-order valence-electron chi connectivity index (χ0n) is 12.7. The molecule has 0 unspecified atom stereocenters. The first kappa shape index (κ1) is 17.2. The van der Waals surface area contributed by atoms with Gasteiger partial charge in [-0.15, -0.1) is 23.1 Å². The molecule has 5 nitrogen and oxygen atoms in total. The van der Waals surface area contributed by atoms with Crippen molar-refractivity contribution >= 4 is 45.0 Å². The first-order chi connectivity index (χ1) is 11.6. The molecule has 0 fully saturated rings. The summed E-state index contributed by atoms with van der Waals surface area (Å²) in [6, 6.07) is 9.74. The molecule has 0 aliphatic carbocycles. The van der Waals surface area contributed by atoms with Crippen LogP contribution >= 0.6 is 39.0 Å². The van der Waals surface area contributed by atoms with Gasteiger partial charge in [-0.25, -0.2) is 0 Å². The highest BCUT2D eigenvalue weighted by Crippen LogP contribution is 2.25. The molecule has 3 rings (SSSR count). The van der Waals surface area contributed by atoms with Crippen LogP contribution in [0.15, 0.2) is 49.6 Å². The molecule has 0 aliphatic rings. The molecule has 0 saturated heterocycles. The molecule has 0 N–H and O–H groups in total. The summed E-state index contributed by atoms with van der Waals surface area (Å²) in [5, 5.41) is 5.75. The average molecular weight is 425 g/mol. The minimum atomic E-state index is -0.315. The number of aryl methyl sites for hydroxylation is 1. The fourth-order valence-electron chi connectivity index (χ4n) is 1.91. The van der Waals surface area contributed by atoms with Crippen molar-refractivity contribution in [1.29, 1.82) is 0 Å². The minimum absolute atomic E-state index is 0.00753. The van der Waals surface area contributed by atoms with E-state index < -0.39 is 0 Å². The summed E-state index contributed by atoms with van der Waals surface area (Å²) in [6.45, 7) is 2.01. The third-order valence-corrected chi connectivity index (χ3v) is 5.55. The van der Waals surface area contributed by atoms with Crippen LogP contribution in [0, 0.1) is 6.92 Å². The van der Waals surface area contributed by atoms with E-state index in [1.807, 2.05) is 42.6 Å². The number of aromatic nitrogens is 2. The number of nitrogens with zero attached hydrogens (tertiary/aromatic N) is 2. The van der Waals surface area contributed by atoms with Gasteiger partial charge in [-0.1, -0.05) is 27.2 Å². The second-order valence-corrected chi connectivity index (χ2v) is 7.73. The maximum absolute atomic E-state index is 11.9. The summed E-state index contributed by atoms with van der Waals surface area (Å²) in [5.41, 5.74) is 1.11. The molecular weight excluding hydrogens is 412 g/mol. The first-order valence-corrected chi connectivity index (χ1v) is 9.68. The monoisotopic (exact) mass is 424 g/mol. The predicted octanol–water partition coefficient (Wildman–Crippen LogP) is 4.70. The number of hydrogen-bond acceptors (Lipinski definition) is 7. The second-order valence-electron chi connectivity index (χ2n) is 4.85. The van der Waals surface area contributed by atoms with Gasteiger partial charge >= 0.3 is 5.97 Å². The van der Waals surface area contributed by atoms with E-state index in [-0.39, 0.29) is 18.3 Å². The third kappa shape index (κ3) is 4.46. The molecule has 2 aromatic heterocycles. The summed E-state index contributed by atoms with van der Waals surface area (Å²) >= 11 is 6.38. The van der Waals surface area contributed by atoms with E-state index in [1.165, 1.54) is 23.1 Å². The van der Waals surface area contributed by atoms with Crippen LogP contribution in [-0.2, 0) is 16.1 Å². The maximum atomic E-state index is 11.9. The molecule has 8 heteroatoms. The fourth-order valence-corrected chi connectivity index (χ4v) is 3.84. The Morgan fingerprint density at radius 2 is 2.29 bits per heavy atom. The highest BCUT2D eigenvalue weighted by molar-refractivity contribution is 9.10. The molecule has 0 bridgehead atoms. The van der Waals surface area contributed by atoms with Gasteiger partial charge < -0.3 is 9.26 Å². The molecule has 1 aromatic carbocycles. The number of carbonyl (C=O) groups is 1. The van der Waals surface area contributed by atoms with Crippen LogP contribution in [0.25, 0.3) is 10.8 Å². The van der Waals surface area contributed by atoms with Gasteiger partial charge in [-0.3, -0.25) is 4.79 Å². The van der Waals surface area contributed by atoms with Crippen molar-refractivity contribution in [2.45, 2.75) is 18.4 Å². The maximum Gasteiger partial charge on any atom is 0.316 e. The molecule has 0 amide bonds. The summed E-state index contributed by atoms with van der Waals surface area (Å²) in [4.78, 5) is 18.0. The van der Waals surface area contributed by atoms with E-state index in [2.05, 4.69) is 26.1 Å². The van der Waals surface area contributed by atoms with Crippen LogP contribution in [0.5, 0.6) is 0 Å². The lowest BCUT2D eigenvalue weighted by Crippen LogP contribution is -2.08. The van der Waals surface area contributed by atoms with Gasteiger partial charge in [0.05, 0.1) is 10.6 Å². The van der Waals surface area contributed by atoms with Gasteiger partial charge in [0.1, 0.15) is 0 Å². The lowest BCUT2D eigenvalue weighted by molar-refractivity contribution is -0.141. The van der Waals surface area contributed by atoms with Crippen LogP contribution in [0.3, 0.4) is 0 Å². The number of halogens is 1. The smallest absolute Gasteiger partial charge is 0.316 e. The van der Waals surface area contributed by atoms with Gasteiger partial charge in [-0.05, 0) is 42.1 Å². The molecule has 24 heavy (non-hydrogen) atoms. The van der Waals surface area contributed by atoms with Gasteiger partial charge in [0.25, 0.3) is 5.89 Å². The Labute approximate surface area is 155 Å². The highest BCUT2D eigenvalue weighted by Gasteiger charge is 2.12. The molecule has 124 valence electrons. The van der Waals surface area contributed by atoms with Crippen LogP contribution in [-0.4, -0.2) is 21.9 Å². The molecule has 3 aromatic rings. The number of hydrogen-bond donors (Lipinski definition) is 0. The Hall–Kier alpha value is -1.64. The van der Waals surface area contributed by atoms with Crippen LogP contribution in [0.4, 0.5) is 0 Å². The Kier molecular flexibility index (Phi) is 5.70. The number of carbonyl (C=O) groups excluding carboxylic acids is 1. The standard InChI is InChI=1S/C16H13BrN2O3S2/c1-10-7-11(17)4-5-12(10)24-9-15(20)21-8-14-18-16(22-19-14)13-3-2-6-23-13/h2-7H,8-9H2,1H3. The number of thioether (sulfide) groups is 1. The second kappa shape index (κ2) is 7.96. The predicted molar refractivity (Wildman–Crippen MR) is 97.0 cm³/mol. The lowest BCUT2D eigenvalue weighted by Gasteiger charge is -2.05. The SMILES string of the molecule is Cc1cc(Br)ccc1SCC(=O)OCc1noc(-c2cccs2)n1. The molecule has 0 radical (unpaired) electrons. The van der Waals surface area contributed by atoms with E-state index in [0.29, 0.717) is 11.7 Å². The minimum Gasteiger partial charge on any atom is -0.457 e. The molecule has 2 heterocycles. The van der Waals surface area contributed by atoms with E-state index in [1.54, 1.807) is 0 Å². The molecule has 0 spiro atoms. The third-order valence-electron chi connectivity index (χ3n) is 3.04. The Balaban J connectivity index is 1.49. The molecule has 0 aliphatic heterocycles. The van der Waals surface area contributed by atoms with Crippen molar-refractivity contribution in [2.24, 2.45) is 0 Å². The van der Waals surface area contributed by atoms with Gasteiger partial charge in [0.2, 0.25) is 5.82 Å². The van der Waals surface area contributed by atoms with Gasteiger partial charge in [0.15, 0.2) is 6.61 Å². The first-order valence-electron chi connectivity index (χ1n) is 7.03. The summed E-state index contributed by atoms with van der Waals surface area (Å²) < 4.78 is 11.4. The molecule has 0 saturated carbocycles.